The molecule has 1 aromatic rings. The predicted molar refractivity (Wildman–Crippen MR) is 95.2 cm³/mol. The van der Waals surface area contributed by atoms with Crippen LogP contribution in [0, 0.1) is 0 Å². The molecular weight excluding hydrogens is 324 g/mol. The topological polar surface area (TPSA) is 56.8 Å². The van der Waals surface area contributed by atoms with Gasteiger partial charge in [0.05, 0.1) is 0 Å². The molecule has 3 rings (SSSR count). The number of carbonyl (C=O) groups is 2. The highest BCUT2D eigenvalue weighted by Crippen LogP contribution is 2.23. The number of hydrogen-bond acceptors (Lipinski definition) is 5. The van der Waals surface area contributed by atoms with Gasteiger partial charge in [0.1, 0.15) is 6.04 Å². The number of anilines is 1. The van der Waals surface area contributed by atoms with Gasteiger partial charge < -0.3 is 14.7 Å². The van der Waals surface area contributed by atoms with E-state index in [1.54, 1.807) is 11.3 Å². The molecule has 7 heteroatoms. The molecular formula is C17H26N4O2S. The second-order valence-corrected chi connectivity index (χ2v) is 7.35. The van der Waals surface area contributed by atoms with Gasteiger partial charge in [-0.1, -0.05) is 6.92 Å². The molecule has 2 saturated heterocycles. The van der Waals surface area contributed by atoms with Crippen molar-refractivity contribution in [1.29, 1.82) is 0 Å². The molecule has 1 aromatic heterocycles. The lowest BCUT2D eigenvalue weighted by Gasteiger charge is -2.29. The second kappa shape index (κ2) is 7.96. The average molecular weight is 350 g/mol. The van der Waals surface area contributed by atoms with Crippen molar-refractivity contribution in [2.45, 2.75) is 45.1 Å². The molecule has 2 aliphatic rings. The Morgan fingerprint density at radius 2 is 2.08 bits per heavy atom. The zero-order chi connectivity index (χ0) is 16.9. The van der Waals surface area contributed by atoms with Crippen LogP contribution in [0.1, 0.15) is 39.0 Å². The number of rotatable bonds is 4. The van der Waals surface area contributed by atoms with Gasteiger partial charge in [0.15, 0.2) is 5.13 Å². The van der Waals surface area contributed by atoms with E-state index in [4.69, 9.17) is 0 Å². The fraction of sp³-hybridized carbons (Fsp3) is 0.706. The van der Waals surface area contributed by atoms with Crippen molar-refractivity contribution in [3.63, 3.8) is 0 Å². The van der Waals surface area contributed by atoms with Crippen molar-refractivity contribution in [3.05, 3.63) is 11.6 Å². The summed E-state index contributed by atoms with van der Waals surface area (Å²) in [6, 6.07) is -0.240. The molecule has 0 saturated carbocycles. The first-order chi connectivity index (χ1) is 11.7. The summed E-state index contributed by atoms with van der Waals surface area (Å²) in [4.78, 5) is 35.6. The van der Waals surface area contributed by atoms with Crippen LogP contribution in [0.15, 0.2) is 11.6 Å². The molecule has 6 nitrogen and oxygen atoms in total. The van der Waals surface area contributed by atoms with Crippen molar-refractivity contribution in [1.82, 2.24) is 14.8 Å². The van der Waals surface area contributed by atoms with Gasteiger partial charge in [-0.25, -0.2) is 4.98 Å². The predicted octanol–water partition coefficient (Wildman–Crippen LogP) is 1.97. The zero-order valence-electron chi connectivity index (χ0n) is 14.3. The molecule has 0 N–H and O–H groups in total. The SMILES string of the molecule is CCCC(=O)N1CCCC1C(=O)N1CCCN(c2nccs2)CC1. The lowest BCUT2D eigenvalue weighted by Crippen LogP contribution is -2.48. The maximum Gasteiger partial charge on any atom is 0.245 e. The van der Waals surface area contributed by atoms with Crippen molar-refractivity contribution < 1.29 is 9.59 Å². The van der Waals surface area contributed by atoms with E-state index in [0.717, 1.165) is 57.0 Å². The fourth-order valence-electron chi connectivity index (χ4n) is 3.59. The summed E-state index contributed by atoms with van der Waals surface area (Å²) < 4.78 is 0. The Balaban J connectivity index is 1.61. The maximum atomic E-state index is 13.0. The van der Waals surface area contributed by atoms with Crippen LogP contribution >= 0.6 is 11.3 Å². The van der Waals surface area contributed by atoms with E-state index in [1.165, 1.54) is 0 Å². The van der Waals surface area contributed by atoms with Crippen molar-refractivity contribution in [3.8, 4) is 0 Å². The minimum absolute atomic E-state index is 0.132. The number of carbonyl (C=O) groups excluding carboxylic acids is 2. The molecule has 1 unspecified atom stereocenters. The molecule has 0 aromatic carbocycles. The van der Waals surface area contributed by atoms with E-state index in [2.05, 4.69) is 9.88 Å². The third-order valence-electron chi connectivity index (χ3n) is 4.82. The van der Waals surface area contributed by atoms with Gasteiger partial charge in [0, 0.05) is 50.7 Å². The van der Waals surface area contributed by atoms with Crippen LogP contribution in [0.4, 0.5) is 5.13 Å². The summed E-state index contributed by atoms with van der Waals surface area (Å²) in [6.07, 6.45) is 5.89. The van der Waals surface area contributed by atoms with Crippen LogP contribution in [-0.2, 0) is 9.59 Å². The largest absolute Gasteiger partial charge is 0.346 e. The number of nitrogens with zero attached hydrogens (tertiary/aromatic N) is 4. The van der Waals surface area contributed by atoms with Gasteiger partial charge >= 0.3 is 0 Å². The summed E-state index contributed by atoms with van der Waals surface area (Å²) in [5.41, 5.74) is 0. The van der Waals surface area contributed by atoms with Gasteiger partial charge in [0.25, 0.3) is 0 Å². The minimum Gasteiger partial charge on any atom is -0.346 e. The summed E-state index contributed by atoms with van der Waals surface area (Å²) in [6.45, 7) is 5.97. The minimum atomic E-state index is -0.240. The highest BCUT2D eigenvalue weighted by Gasteiger charge is 2.36. The summed E-state index contributed by atoms with van der Waals surface area (Å²) in [5, 5.41) is 3.02. The highest BCUT2D eigenvalue weighted by molar-refractivity contribution is 7.13. The number of hydrogen-bond donors (Lipinski definition) is 0. The van der Waals surface area contributed by atoms with Crippen LogP contribution in [-0.4, -0.2) is 65.4 Å². The smallest absolute Gasteiger partial charge is 0.245 e. The first kappa shape index (κ1) is 17.2. The van der Waals surface area contributed by atoms with E-state index >= 15 is 0 Å². The molecule has 0 spiro atoms. The molecule has 24 heavy (non-hydrogen) atoms. The first-order valence-corrected chi connectivity index (χ1v) is 9.81. The first-order valence-electron chi connectivity index (χ1n) is 8.93. The van der Waals surface area contributed by atoms with Crippen molar-refractivity contribution in [2.75, 3.05) is 37.6 Å². The molecule has 132 valence electrons. The molecule has 1 atom stereocenters. The molecule has 2 amide bonds. The Morgan fingerprint density at radius 3 is 2.83 bits per heavy atom. The van der Waals surface area contributed by atoms with Crippen LogP contribution in [0.5, 0.6) is 0 Å². The molecule has 0 aliphatic carbocycles. The quantitative estimate of drug-likeness (QED) is 0.833. The van der Waals surface area contributed by atoms with Crippen LogP contribution in [0.2, 0.25) is 0 Å². The summed E-state index contributed by atoms with van der Waals surface area (Å²) >= 11 is 1.64. The second-order valence-electron chi connectivity index (χ2n) is 6.48. The Bertz CT molecular complexity index is 563. The lowest BCUT2D eigenvalue weighted by atomic mass is 10.1. The Hall–Kier alpha value is -1.63. The molecule has 2 fully saturated rings. The van der Waals surface area contributed by atoms with Gasteiger partial charge in [-0.3, -0.25) is 9.59 Å². The van der Waals surface area contributed by atoms with Crippen LogP contribution in [0.3, 0.4) is 0 Å². The zero-order valence-corrected chi connectivity index (χ0v) is 15.1. The Morgan fingerprint density at radius 1 is 1.21 bits per heavy atom. The van der Waals surface area contributed by atoms with E-state index in [0.29, 0.717) is 13.0 Å². The van der Waals surface area contributed by atoms with Gasteiger partial charge in [0.2, 0.25) is 11.8 Å². The summed E-state index contributed by atoms with van der Waals surface area (Å²) in [7, 11) is 0. The molecule has 2 aliphatic heterocycles. The third kappa shape index (κ3) is 3.71. The normalized spacial score (nSPS) is 21.9. The van der Waals surface area contributed by atoms with Gasteiger partial charge in [-0.2, -0.15) is 0 Å². The molecule has 0 bridgehead atoms. The van der Waals surface area contributed by atoms with Crippen molar-refractivity contribution in [2.24, 2.45) is 0 Å². The van der Waals surface area contributed by atoms with E-state index < -0.39 is 0 Å². The third-order valence-corrected chi connectivity index (χ3v) is 5.65. The standard InChI is InChI=1S/C17H26N4O2S/c1-2-5-15(22)21-10-3-6-14(21)16(23)19-8-4-9-20(12-11-19)17-18-7-13-24-17/h7,13-14H,2-6,8-12H2,1H3. The Labute approximate surface area is 147 Å². The molecule has 0 radical (unpaired) electrons. The van der Waals surface area contributed by atoms with Gasteiger partial charge in [-0.15, -0.1) is 11.3 Å². The highest BCUT2D eigenvalue weighted by atomic mass is 32.1. The van der Waals surface area contributed by atoms with E-state index in [1.807, 2.05) is 28.3 Å². The number of thiazole rings is 1. The molecule has 3 heterocycles. The van der Waals surface area contributed by atoms with Crippen molar-refractivity contribution >= 4 is 28.3 Å². The Kier molecular flexibility index (Phi) is 5.71. The lowest BCUT2D eigenvalue weighted by molar-refractivity contribution is -0.143. The number of aromatic nitrogens is 1. The van der Waals surface area contributed by atoms with E-state index in [-0.39, 0.29) is 17.9 Å². The van der Waals surface area contributed by atoms with Crippen LogP contribution in [0.25, 0.3) is 0 Å². The number of likely N-dealkylation sites (tertiary alicyclic amines) is 1. The average Bonchev–Trinajstić information content (AvgIpc) is 3.22. The monoisotopic (exact) mass is 350 g/mol. The summed E-state index contributed by atoms with van der Waals surface area (Å²) in [5.74, 6) is 0.269. The maximum absolute atomic E-state index is 13.0. The number of amides is 2. The van der Waals surface area contributed by atoms with Crippen LogP contribution < -0.4 is 4.90 Å². The van der Waals surface area contributed by atoms with Gasteiger partial charge in [-0.05, 0) is 25.7 Å². The fourth-order valence-corrected chi connectivity index (χ4v) is 4.29. The van der Waals surface area contributed by atoms with E-state index in [9.17, 15) is 9.59 Å².